The molecule has 0 fully saturated rings. The van der Waals surface area contributed by atoms with E-state index in [9.17, 15) is 0 Å². The fourth-order valence-corrected chi connectivity index (χ4v) is 3.61. The molecule has 0 saturated heterocycles. The highest BCUT2D eigenvalue weighted by molar-refractivity contribution is 6.05. The number of benzene rings is 2. The van der Waals surface area contributed by atoms with E-state index in [1.165, 1.54) is 22.2 Å². The lowest BCUT2D eigenvalue weighted by molar-refractivity contribution is 0.666. The highest BCUT2D eigenvalue weighted by Crippen LogP contribution is 2.30. The van der Waals surface area contributed by atoms with Crippen LogP contribution >= 0.6 is 0 Å². The van der Waals surface area contributed by atoms with Crippen molar-refractivity contribution in [3.05, 3.63) is 66.1 Å². The van der Waals surface area contributed by atoms with Gasteiger partial charge < -0.3 is 14.7 Å². The van der Waals surface area contributed by atoms with Crippen molar-refractivity contribution in [3.63, 3.8) is 0 Å². The van der Waals surface area contributed by atoms with Gasteiger partial charge in [-0.2, -0.15) is 0 Å². The topological polar surface area (TPSA) is 66.7 Å². The smallest absolute Gasteiger partial charge is 0.196 e. The van der Waals surface area contributed by atoms with Gasteiger partial charge in [-0.15, -0.1) is 0 Å². The number of H-pyrrole nitrogens is 1. The summed E-state index contributed by atoms with van der Waals surface area (Å²) in [5.41, 5.74) is 6.12. The fourth-order valence-electron chi connectivity index (χ4n) is 3.61. The number of hydrogen-bond acceptors (Lipinski definition) is 4. The molecule has 0 bridgehead atoms. The van der Waals surface area contributed by atoms with E-state index in [4.69, 9.17) is 4.42 Å². The number of furan rings is 1. The second-order valence-electron chi connectivity index (χ2n) is 6.45. The summed E-state index contributed by atoms with van der Waals surface area (Å²) in [4.78, 5) is 12.2. The third kappa shape index (κ3) is 2.32. The number of nitrogens with one attached hydrogen (secondary N) is 2. The standard InChI is InChI=1S/C21H18N4O/c1-13-14(15-6-2-4-8-17(15)25-13)10-11-22-21-20-19(23-12-24-21)16-7-3-5-9-18(16)26-20/h2-9,12,25H,10-11H2,1H3,(H,22,23,24). The number of fused-ring (bicyclic) bond motifs is 4. The number of rotatable bonds is 4. The van der Waals surface area contributed by atoms with Gasteiger partial charge in [0.15, 0.2) is 11.4 Å². The number of hydrogen-bond donors (Lipinski definition) is 2. The first kappa shape index (κ1) is 15.0. The highest BCUT2D eigenvalue weighted by atomic mass is 16.3. The first-order valence-corrected chi connectivity index (χ1v) is 8.73. The molecule has 2 aromatic carbocycles. The van der Waals surface area contributed by atoms with E-state index >= 15 is 0 Å². The summed E-state index contributed by atoms with van der Waals surface area (Å²) in [7, 11) is 0. The second kappa shape index (κ2) is 5.88. The summed E-state index contributed by atoms with van der Waals surface area (Å²) >= 11 is 0. The Morgan fingerprint density at radius 3 is 2.73 bits per heavy atom. The monoisotopic (exact) mass is 342 g/mol. The number of anilines is 1. The Kier molecular flexibility index (Phi) is 3.38. The molecule has 5 heteroatoms. The molecule has 0 spiro atoms. The lowest BCUT2D eigenvalue weighted by Crippen LogP contribution is -2.07. The number of para-hydroxylation sites is 2. The van der Waals surface area contributed by atoms with Gasteiger partial charge in [-0.25, -0.2) is 9.97 Å². The van der Waals surface area contributed by atoms with Gasteiger partial charge in [0.25, 0.3) is 0 Å². The molecule has 5 rings (SSSR count). The molecule has 128 valence electrons. The zero-order chi connectivity index (χ0) is 17.5. The van der Waals surface area contributed by atoms with Crippen molar-refractivity contribution in [2.24, 2.45) is 0 Å². The van der Waals surface area contributed by atoms with Gasteiger partial charge in [0.2, 0.25) is 0 Å². The number of nitrogens with zero attached hydrogens (tertiary/aromatic N) is 2. The fraction of sp³-hybridized carbons (Fsp3) is 0.143. The van der Waals surface area contributed by atoms with Gasteiger partial charge >= 0.3 is 0 Å². The Bertz CT molecular complexity index is 1230. The van der Waals surface area contributed by atoms with Gasteiger partial charge in [0.05, 0.1) is 0 Å². The Morgan fingerprint density at radius 2 is 1.81 bits per heavy atom. The average molecular weight is 342 g/mol. The molecule has 3 heterocycles. The van der Waals surface area contributed by atoms with Crippen molar-refractivity contribution < 1.29 is 4.42 Å². The molecule has 5 nitrogen and oxygen atoms in total. The Balaban J connectivity index is 1.44. The molecule has 0 amide bonds. The van der Waals surface area contributed by atoms with E-state index in [1.54, 1.807) is 6.33 Å². The normalized spacial score (nSPS) is 11.6. The largest absolute Gasteiger partial charge is 0.450 e. The van der Waals surface area contributed by atoms with E-state index < -0.39 is 0 Å². The zero-order valence-corrected chi connectivity index (χ0v) is 14.4. The average Bonchev–Trinajstić information content (AvgIpc) is 3.20. The minimum Gasteiger partial charge on any atom is -0.450 e. The van der Waals surface area contributed by atoms with Crippen LogP contribution in [0.15, 0.2) is 59.3 Å². The predicted octanol–water partition coefficient (Wildman–Crippen LogP) is 4.82. The quantitative estimate of drug-likeness (QED) is 0.491. The minimum atomic E-state index is 0.712. The van der Waals surface area contributed by atoms with Crippen LogP contribution in [-0.4, -0.2) is 21.5 Å². The first-order chi connectivity index (χ1) is 12.8. The first-order valence-electron chi connectivity index (χ1n) is 8.73. The minimum absolute atomic E-state index is 0.712. The molecular formula is C21H18N4O. The van der Waals surface area contributed by atoms with E-state index in [2.05, 4.69) is 51.5 Å². The van der Waals surface area contributed by atoms with Crippen LogP contribution in [0.5, 0.6) is 0 Å². The molecule has 0 aliphatic rings. The molecule has 0 atom stereocenters. The Morgan fingerprint density at radius 1 is 1.00 bits per heavy atom. The van der Waals surface area contributed by atoms with Crippen molar-refractivity contribution in [2.45, 2.75) is 13.3 Å². The van der Waals surface area contributed by atoms with Crippen molar-refractivity contribution in [2.75, 3.05) is 11.9 Å². The summed E-state index contributed by atoms with van der Waals surface area (Å²) in [6.45, 7) is 2.89. The zero-order valence-electron chi connectivity index (χ0n) is 14.4. The van der Waals surface area contributed by atoms with E-state index in [0.29, 0.717) is 5.58 Å². The number of aromatic nitrogens is 3. The van der Waals surface area contributed by atoms with Crippen LogP contribution in [0.1, 0.15) is 11.3 Å². The predicted molar refractivity (Wildman–Crippen MR) is 105 cm³/mol. The SMILES string of the molecule is Cc1[nH]c2ccccc2c1CCNc1ncnc2c1oc1ccccc12. The Labute approximate surface area is 150 Å². The molecule has 5 aromatic rings. The molecule has 0 radical (unpaired) electrons. The van der Waals surface area contributed by atoms with Crippen molar-refractivity contribution in [1.29, 1.82) is 0 Å². The van der Waals surface area contributed by atoms with Gasteiger partial charge in [-0.05, 0) is 37.1 Å². The lowest BCUT2D eigenvalue weighted by Gasteiger charge is -2.06. The summed E-state index contributed by atoms with van der Waals surface area (Å²) in [5.74, 6) is 0.740. The van der Waals surface area contributed by atoms with E-state index in [0.717, 1.165) is 35.3 Å². The maximum atomic E-state index is 5.97. The molecule has 26 heavy (non-hydrogen) atoms. The van der Waals surface area contributed by atoms with Gasteiger partial charge in [0.1, 0.15) is 17.4 Å². The highest BCUT2D eigenvalue weighted by Gasteiger charge is 2.13. The molecule has 0 aliphatic carbocycles. The van der Waals surface area contributed by atoms with E-state index in [1.807, 2.05) is 24.3 Å². The van der Waals surface area contributed by atoms with Crippen molar-refractivity contribution in [3.8, 4) is 0 Å². The van der Waals surface area contributed by atoms with Crippen LogP contribution in [0.3, 0.4) is 0 Å². The van der Waals surface area contributed by atoms with Crippen LogP contribution < -0.4 is 5.32 Å². The van der Waals surface area contributed by atoms with Crippen molar-refractivity contribution >= 4 is 38.8 Å². The van der Waals surface area contributed by atoms with E-state index in [-0.39, 0.29) is 0 Å². The third-order valence-corrected chi connectivity index (χ3v) is 4.85. The molecule has 2 N–H and O–H groups in total. The van der Waals surface area contributed by atoms with Crippen LogP contribution in [0, 0.1) is 6.92 Å². The van der Waals surface area contributed by atoms with Gasteiger partial charge in [-0.1, -0.05) is 30.3 Å². The summed E-state index contributed by atoms with van der Waals surface area (Å²) in [6, 6.07) is 16.3. The van der Waals surface area contributed by atoms with Crippen LogP contribution in [0.25, 0.3) is 33.0 Å². The number of aryl methyl sites for hydroxylation is 1. The molecule has 0 aliphatic heterocycles. The van der Waals surface area contributed by atoms with Crippen molar-refractivity contribution in [1.82, 2.24) is 15.0 Å². The maximum absolute atomic E-state index is 5.97. The summed E-state index contributed by atoms with van der Waals surface area (Å²) in [5, 5.41) is 5.72. The summed E-state index contributed by atoms with van der Waals surface area (Å²) in [6.07, 6.45) is 2.49. The van der Waals surface area contributed by atoms with Crippen LogP contribution in [0.4, 0.5) is 5.82 Å². The maximum Gasteiger partial charge on any atom is 0.196 e. The molecular weight excluding hydrogens is 324 g/mol. The number of aromatic amines is 1. The Hall–Kier alpha value is -3.34. The summed E-state index contributed by atoms with van der Waals surface area (Å²) < 4.78 is 5.97. The third-order valence-electron chi connectivity index (χ3n) is 4.85. The van der Waals surface area contributed by atoms with Gasteiger partial charge in [0, 0.05) is 28.5 Å². The molecule has 3 aromatic heterocycles. The molecule has 0 unspecified atom stereocenters. The van der Waals surface area contributed by atoms with Crippen LogP contribution in [0.2, 0.25) is 0 Å². The second-order valence-corrected chi connectivity index (χ2v) is 6.45. The van der Waals surface area contributed by atoms with Gasteiger partial charge in [-0.3, -0.25) is 0 Å². The molecule has 0 saturated carbocycles. The van der Waals surface area contributed by atoms with Crippen LogP contribution in [-0.2, 0) is 6.42 Å². The lowest BCUT2D eigenvalue weighted by atomic mass is 10.1.